The molecular weight excluding hydrogens is 536 g/mol. The van der Waals surface area contributed by atoms with Gasteiger partial charge in [-0.05, 0) is 11.1 Å². The molecule has 0 spiro atoms. The van der Waals surface area contributed by atoms with Gasteiger partial charge in [0, 0.05) is 0 Å². The van der Waals surface area contributed by atoms with E-state index >= 15 is 0 Å². The van der Waals surface area contributed by atoms with Crippen LogP contribution >= 0.6 is 0 Å². The second-order valence-electron chi connectivity index (χ2n) is 9.77. The van der Waals surface area contributed by atoms with Gasteiger partial charge in [-0.25, -0.2) is 12.1 Å². The van der Waals surface area contributed by atoms with E-state index in [1.54, 1.807) is 0 Å². The molecule has 41 heavy (non-hydrogen) atoms. The maximum absolute atomic E-state index is 4.41. The molecule has 0 saturated heterocycles. The summed E-state index contributed by atoms with van der Waals surface area (Å²) in [6.45, 7) is 4.41. The first-order valence-electron chi connectivity index (χ1n) is 13.7. The Hall–Kier alpha value is -4.68. The molecule has 0 saturated carbocycles. The standard InChI is InChI=1S/C35H25.C5H5.Fe/c1-25-15-14-24-30(25)35-33(28-20-10-4-11-21-28)31(26-16-6-2-7-17-26)32(27-18-8-3-9-19-27)34(35)29-22-12-5-13-23-29;1-2-4-5-3-1;/h2-24H,1H2;1-5H;/q2*-1;+2. The van der Waals surface area contributed by atoms with Crippen molar-refractivity contribution in [3.63, 3.8) is 0 Å². The van der Waals surface area contributed by atoms with Gasteiger partial charge in [0.1, 0.15) is 0 Å². The molecule has 0 nitrogen and oxygen atoms in total. The predicted octanol–water partition coefficient (Wildman–Crippen LogP) is 11.0. The van der Waals surface area contributed by atoms with Crippen molar-refractivity contribution < 1.29 is 17.1 Å². The van der Waals surface area contributed by atoms with Gasteiger partial charge >= 0.3 is 17.1 Å². The zero-order chi connectivity index (χ0) is 27.1. The first-order chi connectivity index (χ1) is 19.8. The number of hydrogen-bond acceptors (Lipinski definition) is 0. The summed E-state index contributed by atoms with van der Waals surface area (Å²) in [4.78, 5) is 0. The van der Waals surface area contributed by atoms with Crippen molar-refractivity contribution in [2.75, 3.05) is 0 Å². The topological polar surface area (TPSA) is 0 Å². The minimum atomic E-state index is 0. The SMILES string of the molecule is C=C1C=CC=C1[c-]1c(-c2ccccc2)c(-c2ccccc2)c(-c2ccccc2)c1-c1ccccc1.[Fe+2].c1cc[cH-]c1. The number of benzene rings is 4. The Morgan fingerprint density at radius 3 is 1.20 bits per heavy atom. The summed E-state index contributed by atoms with van der Waals surface area (Å²) < 4.78 is 0. The smallest absolute Gasteiger partial charge is 0.214 e. The number of hydrogen-bond donors (Lipinski definition) is 0. The van der Waals surface area contributed by atoms with Crippen molar-refractivity contribution in [3.8, 4) is 44.5 Å². The molecular formula is C40H30Fe. The van der Waals surface area contributed by atoms with Crippen molar-refractivity contribution >= 4 is 5.57 Å². The van der Waals surface area contributed by atoms with Crippen LogP contribution < -0.4 is 0 Å². The van der Waals surface area contributed by atoms with E-state index in [1.807, 2.05) is 30.3 Å². The molecule has 0 atom stereocenters. The Kier molecular flexibility index (Phi) is 8.92. The van der Waals surface area contributed by atoms with Crippen LogP contribution in [0.4, 0.5) is 0 Å². The number of allylic oxidation sites excluding steroid dienone is 5. The van der Waals surface area contributed by atoms with Crippen molar-refractivity contribution in [3.05, 3.63) is 188 Å². The summed E-state index contributed by atoms with van der Waals surface area (Å²) in [5.74, 6) is 0. The van der Waals surface area contributed by atoms with Gasteiger partial charge in [-0.15, -0.1) is 6.58 Å². The van der Waals surface area contributed by atoms with Crippen molar-refractivity contribution in [1.29, 1.82) is 0 Å². The van der Waals surface area contributed by atoms with E-state index in [9.17, 15) is 0 Å². The summed E-state index contributed by atoms with van der Waals surface area (Å²) in [5, 5.41) is 0. The number of rotatable bonds is 5. The average molecular weight is 567 g/mol. The Morgan fingerprint density at radius 1 is 0.488 bits per heavy atom. The van der Waals surface area contributed by atoms with Crippen LogP contribution in [-0.2, 0) is 17.1 Å². The van der Waals surface area contributed by atoms with Crippen LogP contribution in [0, 0.1) is 0 Å². The molecule has 0 amide bonds. The Balaban J connectivity index is 0.000000510. The molecule has 0 unspecified atom stereocenters. The fourth-order valence-electron chi connectivity index (χ4n) is 5.49. The molecule has 1 aliphatic rings. The molecule has 1 aliphatic carbocycles. The van der Waals surface area contributed by atoms with Crippen LogP contribution in [0.1, 0.15) is 5.56 Å². The molecule has 1 heteroatoms. The quantitative estimate of drug-likeness (QED) is 0.144. The van der Waals surface area contributed by atoms with Crippen molar-refractivity contribution in [1.82, 2.24) is 0 Å². The third-order valence-corrected chi connectivity index (χ3v) is 7.23. The van der Waals surface area contributed by atoms with E-state index in [0.29, 0.717) is 0 Å². The van der Waals surface area contributed by atoms with Gasteiger partial charge in [0.05, 0.1) is 0 Å². The first kappa shape index (κ1) is 27.9. The zero-order valence-corrected chi connectivity index (χ0v) is 23.8. The normalized spacial score (nSPS) is 11.8. The molecule has 6 aromatic carbocycles. The summed E-state index contributed by atoms with van der Waals surface area (Å²) in [5.41, 5.74) is 13.4. The van der Waals surface area contributed by atoms with E-state index < -0.39 is 0 Å². The van der Waals surface area contributed by atoms with Gasteiger partial charge in [-0.1, -0.05) is 190 Å². The molecule has 0 aromatic heterocycles. The summed E-state index contributed by atoms with van der Waals surface area (Å²) in [7, 11) is 0. The second kappa shape index (κ2) is 13.1. The minimum Gasteiger partial charge on any atom is -0.214 e. The van der Waals surface area contributed by atoms with Crippen LogP contribution in [0.5, 0.6) is 0 Å². The van der Waals surface area contributed by atoms with E-state index in [0.717, 1.165) is 5.57 Å². The van der Waals surface area contributed by atoms with Gasteiger partial charge in [0.25, 0.3) is 0 Å². The summed E-state index contributed by atoms with van der Waals surface area (Å²) in [6.07, 6.45) is 6.43. The van der Waals surface area contributed by atoms with Gasteiger partial charge < -0.3 is 0 Å². The summed E-state index contributed by atoms with van der Waals surface area (Å²) in [6, 6.07) is 53.1. The van der Waals surface area contributed by atoms with Crippen molar-refractivity contribution in [2.24, 2.45) is 0 Å². The predicted molar refractivity (Wildman–Crippen MR) is 172 cm³/mol. The Morgan fingerprint density at radius 2 is 0.878 bits per heavy atom. The summed E-state index contributed by atoms with van der Waals surface area (Å²) >= 11 is 0. The molecule has 198 valence electrons. The molecule has 6 aromatic rings. The van der Waals surface area contributed by atoms with Crippen molar-refractivity contribution in [2.45, 2.75) is 0 Å². The zero-order valence-electron chi connectivity index (χ0n) is 22.7. The Labute approximate surface area is 253 Å². The third-order valence-electron chi connectivity index (χ3n) is 7.23. The molecule has 0 aliphatic heterocycles. The molecule has 0 N–H and O–H groups in total. The van der Waals surface area contributed by atoms with Crippen LogP contribution in [0.2, 0.25) is 0 Å². The molecule has 7 rings (SSSR count). The molecule has 0 bridgehead atoms. The van der Waals surface area contributed by atoms with E-state index in [-0.39, 0.29) is 17.1 Å². The van der Waals surface area contributed by atoms with Crippen LogP contribution in [0.3, 0.4) is 0 Å². The molecule has 0 fully saturated rings. The minimum absolute atomic E-state index is 0. The van der Waals surface area contributed by atoms with Crippen LogP contribution in [-0.4, -0.2) is 0 Å². The Bertz CT molecular complexity index is 1630. The van der Waals surface area contributed by atoms with Gasteiger partial charge in [0.2, 0.25) is 0 Å². The van der Waals surface area contributed by atoms with Gasteiger partial charge in [-0.3, -0.25) is 0 Å². The van der Waals surface area contributed by atoms with Crippen LogP contribution in [0.25, 0.3) is 50.1 Å². The first-order valence-corrected chi connectivity index (χ1v) is 13.7. The molecule has 0 heterocycles. The van der Waals surface area contributed by atoms with Crippen LogP contribution in [0.15, 0.2) is 182 Å². The van der Waals surface area contributed by atoms with E-state index in [1.165, 1.54) is 55.6 Å². The second-order valence-corrected chi connectivity index (χ2v) is 9.77. The van der Waals surface area contributed by atoms with Gasteiger partial charge in [-0.2, -0.15) is 18.2 Å². The van der Waals surface area contributed by atoms with E-state index in [4.69, 9.17) is 0 Å². The molecule has 0 radical (unpaired) electrons. The fourth-order valence-corrected chi connectivity index (χ4v) is 5.49. The van der Waals surface area contributed by atoms with Gasteiger partial charge in [0.15, 0.2) is 0 Å². The largest absolute Gasteiger partial charge is 2.00 e. The maximum Gasteiger partial charge on any atom is 2.00 e. The van der Waals surface area contributed by atoms with E-state index in [2.05, 4.69) is 146 Å². The monoisotopic (exact) mass is 566 g/mol. The maximum atomic E-state index is 4.41. The fraction of sp³-hybridized carbons (Fsp3) is 0. The third kappa shape index (κ3) is 5.79. The average Bonchev–Trinajstić information content (AvgIpc) is 3.80.